The van der Waals surface area contributed by atoms with Crippen molar-refractivity contribution in [3.05, 3.63) is 0 Å². The summed E-state index contributed by atoms with van der Waals surface area (Å²) in [6.07, 6.45) is -2.48. The first kappa shape index (κ1) is 8.39. The molecule has 1 saturated heterocycles. The highest BCUT2D eigenvalue weighted by Gasteiger charge is 2.39. The molecule has 5 heteroatoms. The van der Waals surface area contributed by atoms with E-state index in [4.69, 9.17) is 5.73 Å². The van der Waals surface area contributed by atoms with Gasteiger partial charge in [0.05, 0.1) is 6.04 Å². The van der Waals surface area contributed by atoms with Crippen LogP contribution in [0.25, 0.3) is 0 Å². The topological polar surface area (TPSA) is 46.3 Å². The zero-order valence-corrected chi connectivity index (χ0v) is 6.13. The normalized spacial score (nSPS) is 27.2. The summed E-state index contributed by atoms with van der Waals surface area (Å²) in [7, 11) is 0. The zero-order valence-electron chi connectivity index (χ0n) is 6.13. The van der Waals surface area contributed by atoms with Crippen molar-refractivity contribution in [1.29, 1.82) is 0 Å². The number of β-lactam (4-membered cyclic amide) rings is 1. The monoisotopic (exact) mass is 164 g/mol. The van der Waals surface area contributed by atoms with E-state index in [0.717, 1.165) is 4.90 Å². The fourth-order valence-corrected chi connectivity index (χ4v) is 0.984. The van der Waals surface area contributed by atoms with Crippen molar-refractivity contribution in [2.45, 2.75) is 25.4 Å². The largest absolute Gasteiger partial charge is 0.331 e. The molecule has 1 aliphatic rings. The Morgan fingerprint density at radius 3 is 2.55 bits per heavy atom. The van der Waals surface area contributed by atoms with Gasteiger partial charge in [0.15, 0.2) is 0 Å². The number of nitrogens with two attached hydrogens (primary N) is 1. The lowest BCUT2D eigenvalue weighted by Crippen LogP contribution is -2.64. The average molecular weight is 164 g/mol. The molecule has 1 amide bonds. The maximum Gasteiger partial charge on any atom is 0.258 e. The molecule has 0 spiro atoms. The van der Waals surface area contributed by atoms with Gasteiger partial charge in [0.25, 0.3) is 6.43 Å². The van der Waals surface area contributed by atoms with E-state index in [1.54, 1.807) is 0 Å². The van der Waals surface area contributed by atoms with E-state index < -0.39 is 18.5 Å². The maximum absolute atomic E-state index is 12.0. The second kappa shape index (κ2) is 2.73. The smallest absolute Gasteiger partial charge is 0.258 e. The molecule has 2 N–H and O–H groups in total. The third kappa shape index (κ3) is 1.33. The molecule has 0 aromatic carbocycles. The molecule has 0 aromatic rings. The average Bonchev–Trinajstić information content (AvgIpc) is 1.98. The van der Waals surface area contributed by atoms with Crippen LogP contribution in [0.5, 0.6) is 0 Å². The highest BCUT2D eigenvalue weighted by Crippen LogP contribution is 2.17. The van der Waals surface area contributed by atoms with Crippen LogP contribution < -0.4 is 5.73 Å². The predicted molar refractivity (Wildman–Crippen MR) is 35.2 cm³/mol. The molecular formula is C6H10F2N2O. The summed E-state index contributed by atoms with van der Waals surface area (Å²) >= 11 is 0. The molecule has 0 aliphatic carbocycles. The molecule has 1 fully saturated rings. The summed E-state index contributed by atoms with van der Waals surface area (Å²) in [5.74, 6) is -0.377. The Hall–Kier alpha value is -0.710. The third-order valence-corrected chi connectivity index (χ3v) is 1.85. The molecule has 1 aliphatic heterocycles. The first-order valence-electron chi connectivity index (χ1n) is 3.38. The summed E-state index contributed by atoms with van der Waals surface area (Å²) in [5, 5.41) is 0. The number of rotatable bonds is 2. The molecule has 64 valence electrons. The Kier molecular flexibility index (Phi) is 2.08. The molecule has 2 unspecified atom stereocenters. The first-order chi connectivity index (χ1) is 5.04. The lowest BCUT2D eigenvalue weighted by atomic mass is 10.1. The fourth-order valence-electron chi connectivity index (χ4n) is 0.984. The van der Waals surface area contributed by atoms with Gasteiger partial charge in [-0.3, -0.25) is 4.79 Å². The summed E-state index contributed by atoms with van der Waals surface area (Å²) < 4.78 is 23.9. The van der Waals surface area contributed by atoms with E-state index in [1.165, 1.54) is 6.92 Å². The zero-order chi connectivity index (χ0) is 8.59. The van der Waals surface area contributed by atoms with Crippen LogP contribution in [0.4, 0.5) is 8.78 Å². The molecular weight excluding hydrogens is 154 g/mol. The van der Waals surface area contributed by atoms with Crippen LogP contribution in [0.1, 0.15) is 6.92 Å². The maximum atomic E-state index is 12.0. The number of alkyl halides is 2. The van der Waals surface area contributed by atoms with Crippen molar-refractivity contribution >= 4 is 5.91 Å². The summed E-state index contributed by atoms with van der Waals surface area (Å²) in [6, 6.07) is -1.56. The molecule has 0 saturated carbocycles. The van der Waals surface area contributed by atoms with E-state index in [9.17, 15) is 13.6 Å². The fraction of sp³-hybridized carbons (Fsp3) is 0.833. The van der Waals surface area contributed by atoms with Crippen LogP contribution in [0, 0.1) is 0 Å². The Morgan fingerprint density at radius 2 is 2.27 bits per heavy atom. The van der Waals surface area contributed by atoms with Crippen molar-refractivity contribution in [3.8, 4) is 0 Å². The van der Waals surface area contributed by atoms with Gasteiger partial charge in [-0.1, -0.05) is 0 Å². The van der Waals surface area contributed by atoms with Gasteiger partial charge in [0.1, 0.15) is 6.04 Å². The van der Waals surface area contributed by atoms with Crippen molar-refractivity contribution in [2.24, 2.45) is 5.73 Å². The van der Waals surface area contributed by atoms with Crippen molar-refractivity contribution in [3.63, 3.8) is 0 Å². The highest BCUT2D eigenvalue weighted by molar-refractivity contribution is 5.87. The number of hydrogen-bond donors (Lipinski definition) is 1. The van der Waals surface area contributed by atoms with Crippen LogP contribution in [-0.4, -0.2) is 35.9 Å². The lowest BCUT2D eigenvalue weighted by molar-refractivity contribution is -0.149. The lowest BCUT2D eigenvalue weighted by Gasteiger charge is -2.40. The Balaban J connectivity index is 2.45. The van der Waals surface area contributed by atoms with Crippen molar-refractivity contribution in [1.82, 2.24) is 4.90 Å². The number of likely N-dealkylation sites (tertiary alicyclic amines) is 1. The van der Waals surface area contributed by atoms with Gasteiger partial charge >= 0.3 is 0 Å². The molecule has 2 atom stereocenters. The van der Waals surface area contributed by atoms with Gasteiger partial charge in [0.2, 0.25) is 5.91 Å². The molecule has 3 nitrogen and oxygen atoms in total. The summed E-state index contributed by atoms with van der Waals surface area (Å²) in [6.45, 7) is 1.57. The molecule has 1 rings (SSSR count). The van der Waals surface area contributed by atoms with E-state index in [0.29, 0.717) is 0 Å². The minimum absolute atomic E-state index is 0.254. The van der Waals surface area contributed by atoms with E-state index >= 15 is 0 Å². The standard InChI is InChI=1S/C6H10F2N2O/c1-3(5(7)8)10-2-4(9)6(10)11/h3-5H,2,9H2,1H3. The Labute approximate surface area is 63.2 Å². The van der Waals surface area contributed by atoms with Gasteiger partial charge in [-0.15, -0.1) is 0 Å². The van der Waals surface area contributed by atoms with E-state index in [2.05, 4.69) is 0 Å². The van der Waals surface area contributed by atoms with Gasteiger partial charge in [0, 0.05) is 6.54 Å². The summed E-state index contributed by atoms with van der Waals surface area (Å²) in [5.41, 5.74) is 5.21. The number of carbonyl (C=O) groups is 1. The van der Waals surface area contributed by atoms with Gasteiger partial charge in [-0.25, -0.2) is 8.78 Å². The summed E-state index contributed by atoms with van der Waals surface area (Å²) in [4.78, 5) is 11.9. The number of nitrogens with zero attached hydrogens (tertiary/aromatic N) is 1. The molecule has 1 heterocycles. The second-order valence-electron chi connectivity index (χ2n) is 2.67. The van der Waals surface area contributed by atoms with Crippen LogP contribution in [0.15, 0.2) is 0 Å². The van der Waals surface area contributed by atoms with Gasteiger partial charge in [-0.05, 0) is 6.92 Å². The number of halogens is 2. The van der Waals surface area contributed by atoms with Gasteiger partial charge in [-0.2, -0.15) is 0 Å². The molecule has 0 radical (unpaired) electrons. The predicted octanol–water partition coefficient (Wildman–Crippen LogP) is -0.191. The number of hydrogen-bond acceptors (Lipinski definition) is 2. The van der Waals surface area contributed by atoms with Gasteiger partial charge < -0.3 is 10.6 Å². The Morgan fingerprint density at radius 1 is 1.73 bits per heavy atom. The third-order valence-electron chi connectivity index (χ3n) is 1.85. The number of amides is 1. The molecule has 0 aromatic heterocycles. The minimum Gasteiger partial charge on any atom is -0.331 e. The van der Waals surface area contributed by atoms with E-state index in [-0.39, 0.29) is 12.5 Å². The van der Waals surface area contributed by atoms with Crippen LogP contribution >= 0.6 is 0 Å². The minimum atomic E-state index is -2.48. The molecule has 11 heavy (non-hydrogen) atoms. The second-order valence-corrected chi connectivity index (χ2v) is 2.67. The van der Waals surface area contributed by atoms with Crippen LogP contribution in [-0.2, 0) is 4.79 Å². The first-order valence-corrected chi connectivity index (χ1v) is 3.38. The molecule has 0 bridgehead atoms. The van der Waals surface area contributed by atoms with Crippen LogP contribution in [0.2, 0.25) is 0 Å². The van der Waals surface area contributed by atoms with Crippen LogP contribution in [0.3, 0.4) is 0 Å². The SMILES string of the molecule is CC(C(F)F)N1CC(N)C1=O. The van der Waals surface area contributed by atoms with E-state index in [1.807, 2.05) is 0 Å². The quantitative estimate of drug-likeness (QED) is 0.575. The van der Waals surface area contributed by atoms with Crippen molar-refractivity contribution in [2.75, 3.05) is 6.54 Å². The Bertz CT molecular complexity index is 174. The van der Waals surface area contributed by atoms with Crippen molar-refractivity contribution < 1.29 is 13.6 Å². The highest BCUT2D eigenvalue weighted by atomic mass is 19.3. The number of carbonyl (C=O) groups excluding carboxylic acids is 1.